The van der Waals surface area contributed by atoms with Gasteiger partial charge in [-0.3, -0.25) is 77.9 Å². The monoisotopic (exact) mass is 1360 g/mol. The van der Waals surface area contributed by atoms with E-state index in [0.717, 1.165) is 0 Å². The van der Waals surface area contributed by atoms with Crippen LogP contribution in [0.15, 0.2) is 123 Å². The molecular formula is C52H48Cl4N12O24. The second-order valence-corrected chi connectivity index (χ2v) is 22.5. The van der Waals surface area contributed by atoms with Crippen molar-refractivity contribution >= 4 is 68.8 Å². The maximum absolute atomic E-state index is 13.3. The van der Waals surface area contributed by atoms with E-state index >= 15 is 0 Å². The molecule has 0 bridgehead atoms. The van der Waals surface area contributed by atoms with Crippen LogP contribution >= 0.6 is 0 Å². The number of H-pyrrole nitrogens is 4. The van der Waals surface area contributed by atoms with Gasteiger partial charge in [-0.15, -0.1) is 41.0 Å². The summed E-state index contributed by atoms with van der Waals surface area (Å²) in [6, 6.07) is 12.9. The smallest absolute Gasteiger partial charge is 0.261 e. The summed E-state index contributed by atoms with van der Waals surface area (Å²) >= 11 is 0. The lowest BCUT2D eigenvalue weighted by atomic mass is 9.86. The summed E-state index contributed by atoms with van der Waals surface area (Å²) in [4.78, 5) is 123. The van der Waals surface area contributed by atoms with Crippen molar-refractivity contribution in [2.24, 2.45) is 0 Å². The Bertz CT molecular complexity index is 3310. The van der Waals surface area contributed by atoms with Crippen LogP contribution in [0.3, 0.4) is 0 Å². The Labute approximate surface area is 524 Å². The van der Waals surface area contributed by atoms with Crippen LogP contribution < -0.4 is 92.8 Å². The Hall–Kier alpha value is -8.68. The molecule has 0 saturated carbocycles. The molecule has 0 atom stereocenters. The predicted molar refractivity (Wildman–Crippen MR) is 252 cm³/mol. The Morgan fingerprint density at radius 1 is 0.272 bits per heavy atom. The number of carbonyl (C=O) groups is 8. The molecule has 36 nitrogen and oxygen atoms in total. The molecule has 0 aliphatic carbocycles. The number of aryl methyl sites for hydroxylation is 4. The van der Waals surface area contributed by atoms with E-state index < -0.39 is 88.2 Å². The molecule has 8 amide bonds. The molecule has 8 aromatic rings. The van der Waals surface area contributed by atoms with Gasteiger partial charge >= 0.3 is 0 Å². The van der Waals surface area contributed by atoms with Gasteiger partial charge in [0.1, 0.15) is 49.6 Å². The number of benzene rings is 4. The highest BCUT2D eigenvalue weighted by Crippen LogP contribution is 2.40. The zero-order valence-corrected chi connectivity index (χ0v) is 49.9. The first-order chi connectivity index (χ1) is 43.1. The summed E-state index contributed by atoms with van der Waals surface area (Å²) in [5.74, 6) is -3.21. The van der Waals surface area contributed by atoms with E-state index in [1.807, 2.05) is 68.4 Å². The number of aromatic nitrogens is 8. The van der Waals surface area contributed by atoms with Gasteiger partial charge in [-0.05, 0) is 48.5 Å². The molecule has 0 saturated heterocycles. The van der Waals surface area contributed by atoms with Crippen LogP contribution in [0.4, 0.5) is 0 Å². The van der Waals surface area contributed by atoms with Crippen LogP contribution in [-0.2, 0) is 26.2 Å². The number of nitrogens with one attached hydrogen (secondary N) is 4. The maximum Gasteiger partial charge on any atom is 0.261 e. The Kier molecular flexibility index (Phi) is 22.9. The van der Waals surface area contributed by atoms with Gasteiger partial charge in [-0.25, -0.2) is 92.8 Å². The molecule has 4 N–H and O–H groups in total. The van der Waals surface area contributed by atoms with Gasteiger partial charge in [-0.2, -0.15) is 0 Å². The van der Waals surface area contributed by atoms with Crippen molar-refractivity contribution in [3.8, 4) is 0 Å². The molecule has 488 valence electrons. The van der Waals surface area contributed by atoms with Crippen molar-refractivity contribution in [2.75, 3.05) is 26.2 Å². The molecule has 92 heavy (non-hydrogen) atoms. The SMILES string of the molecule is O=C1c2ccc3c4c(ccc(c24)C(=O)N1CCC[n+]1cc[nH]c1)C(=O)N(CCC[n+]1cc[nH]c1)C3=O.O=C1c2ccc3c4c(ccc(c24)C(=O)N1CCC[n+]1cc[nH]c1)C(=O)N(CCC[n+]1cc[nH]c1)C3=O.[O-][Cl+3]([O-])([O-])[O-].[O-][Cl+3]([O-])([O-])[O-].[O-][Cl+3]([O-])([O-])[O-].[O-][Cl+3]([O-])([O-])[O-]. The number of hydrogen-bond acceptors (Lipinski definition) is 24. The maximum atomic E-state index is 13.3. The molecule has 8 heterocycles. The van der Waals surface area contributed by atoms with Crippen LogP contribution in [0.1, 0.15) is 109 Å². The summed E-state index contributed by atoms with van der Waals surface area (Å²) in [6.45, 7) is 3.70. The van der Waals surface area contributed by atoms with Crippen molar-refractivity contribution in [1.82, 2.24) is 39.5 Å². The Morgan fingerprint density at radius 2 is 0.413 bits per heavy atom. The van der Waals surface area contributed by atoms with Crippen LogP contribution in [0.25, 0.3) is 21.5 Å². The molecule has 40 heteroatoms. The number of amides is 8. The van der Waals surface area contributed by atoms with Gasteiger partial charge in [-0.1, -0.05) is 0 Å². The highest BCUT2D eigenvalue weighted by molar-refractivity contribution is 6.34. The fraction of sp³-hybridized carbons (Fsp3) is 0.231. The molecule has 4 aromatic heterocycles. The minimum atomic E-state index is -4.94. The number of rotatable bonds is 16. The molecule has 4 aliphatic heterocycles. The van der Waals surface area contributed by atoms with Crippen LogP contribution in [0, 0.1) is 41.0 Å². The molecule has 0 unspecified atom stereocenters. The highest BCUT2D eigenvalue weighted by Gasteiger charge is 2.41. The average Bonchev–Trinajstić information content (AvgIpc) is 0.819. The van der Waals surface area contributed by atoms with E-state index in [1.54, 1.807) is 73.3 Å². The first-order valence-electron chi connectivity index (χ1n) is 26.3. The molecule has 4 aromatic carbocycles. The van der Waals surface area contributed by atoms with Crippen molar-refractivity contribution in [2.45, 2.75) is 51.9 Å². The van der Waals surface area contributed by atoms with E-state index in [2.05, 4.69) is 19.9 Å². The van der Waals surface area contributed by atoms with Gasteiger partial charge in [0.2, 0.25) is 25.3 Å². The van der Waals surface area contributed by atoms with Crippen LogP contribution in [-0.4, -0.2) is 113 Å². The zero-order valence-electron chi connectivity index (χ0n) is 46.9. The third-order valence-electron chi connectivity index (χ3n) is 13.7. The molecule has 4 aliphatic rings. The number of carbonyl (C=O) groups excluding carboxylic acids is 8. The third kappa shape index (κ3) is 18.7. The van der Waals surface area contributed by atoms with Crippen molar-refractivity contribution in [1.29, 1.82) is 0 Å². The standard InChI is InChI=1S/2C26H22N6O4.4ClHO4/c2*33-23-17-3-5-19-22-20(26(36)32(25(19)35)12-2-10-30-14-8-28-16-30)6-4-18(21(17)22)24(34)31(23)11-1-9-29-13-7-27-15-29;4*2-1(3,4)5/h2*3-8,13-16H,1-2,9-12H2;4*(H,2,3,4,5). The molecule has 0 fully saturated rings. The summed E-state index contributed by atoms with van der Waals surface area (Å²) in [5, 5.41) is 1.61. The third-order valence-corrected chi connectivity index (χ3v) is 13.7. The quantitative estimate of drug-likeness (QED) is 0.0515. The van der Waals surface area contributed by atoms with Gasteiger partial charge in [0.05, 0.1) is 26.2 Å². The van der Waals surface area contributed by atoms with Crippen LogP contribution in [0.5, 0.6) is 0 Å². The van der Waals surface area contributed by atoms with Gasteiger partial charge in [0.15, 0.2) is 0 Å². The van der Waals surface area contributed by atoms with E-state index in [0.29, 0.717) is 118 Å². The molecule has 0 spiro atoms. The Balaban J connectivity index is 0.000000202. The highest BCUT2D eigenvalue weighted by atomic mass is 35.7. The number of imidazole rings is 4. The second kappa shape index (κ2) is 29.7. The van der Waals surface area contributed by atoms with Gasteiger partial charge < -0.3 is 0 Å². The number of aromatic amines is 4. The zero-order chi connectivity index (χ0) is 67.6. The predicted octanol–water partition coefficient (Wildman–Crippen LogP) is -16.1. The number of nitrogens with zero attached hydrogens (tertiary/aromatic N) is 8. The van der Waals surface area contributed by atoms with Gasteiger partial charge in [0.25, 0.3) is 47.3 Å². The average molecular weight is 1370 g/mol. The normalized spacial score (nSPS) is 14.3. The number of hydrogen-bond donors (Lipinski definition) is 4. The largest absolute Gasteiger partial charge is 0.274 e. The first kappa shape index (κ1) is 70.8. The van der Waals surface area contributed by atoms with E-state index in [1.165, 1.54) is 19.6 Å². The van der Waals surface area contributed by atoms with Crippen molar-refractivity contribution in [3.05, 3.63) is 168 Å². The van der Waals surface area contributed by atoms with Crippen LogP contribution in [0.2, 0.25) is 0 Å². The lowest BCUT2D eigenvalue weighted by Gasteiger charge is -2.31. The van der Waals surface area contributed by atoms with E-state index in [-0.39, 0.29) is 26.2 Å². The molecular weight excluding hydrogens is 1320 g/mol. The van der Waals surface area contributed by atoms with Crippen molar-refractivity contribution < 1.29 is 172 Å². The van der Waals surface area contributed by atoms with Crippen molar-refractivity contribution in [3.63, 3.8) is 0 Å². The van der Waals surface area contributed by atoms with Gasteiger partial charge in [0, 0.05) is 118 Å². The second-order valence-electron chi connectivity index (χ2n) is 19.5. The topological polar surface area (TPSA) is 597 Å². The summed E-state index contributed by atoms with van der Waals surface area (Å²) in [6.07, 6.45) is 24.4. The fourth-order valence-electron chi connectivity index (χ4n) is 10.2. The van der Waals surface area contributed by atoms with E-state index in [4.69, 9.17) is 74.5 Å². The molecule has 0 radical (unpaired) electrons. The lowest BCUT2D eigenvalue weighted by Crippen LogP contribution is -2.68. The fourth-order valence-corrected chi connectivity index (χ4v) is 10.2. The Morgan fingerprint density at radius 3 is 0.533 bits per heavy atom. The number of halogens is 4. The molecule has 12 rings (SSSR count). The minimum Gasteiger partial charge on any atom is -0.274 e. The summed E-state index contributed by atoms with van der Waals surface area (Å²) in [7, 11) is -19.8. The summed E-state index contributed by atoms with van der Waals surface area (Å²) in [5.41, 5.74) is 2.76. The summed E-state index contributed by atoms with van der Waals surface area (Å²) < 4.78 is 144. The first-order valence-corrected chi connectivity index (χ1v) is 31.2. The minimum absolute atomic E-state index is 0.269. The number of imide groups is 4. The van der Waals surface area contributed by atoms with E-state index in [9.17, 15) is 38.4 Å². The lowest BCUT2D eigenvalue weighted by molar-refractivity contribution is -2.00.